The van der Waals surface area contributed by atoms with Crippen LogP contribution in [-0.2, 0) is 6.42 Å². The van der Waals surface area contributed by atoms with Crippen molar-refractivity contribution < 1.29 is 9.84 Å². The van der Waals surface area contributed by atoms with E-state index in [1.807, 2.05) is 24.3 Å². The normalized spacial score (nSPS) is 10.2. The summed E-state index contributed by atoms with van der Waals surface area (Å²) < 4.78 is 5.10. The Balaban J connectivity index is 1.90. The fourth-order valence-corrected chi connectivity index (χ4v) is 1.83. The highest BCUT2D eigenvalue weighted by Crippen LogP contribution is 2.23. The van der Waals surface area contributed by atoms with Crippen molar-refractivity contribution in [1.82, 2.24) is 0 Å². The number of nitrogen functional groups attached to an aromatic ring is 1. The lowest BCUT2D eigenvalue weighted by molar-refractivity contribution is 0.415. The number of nitrogens with two attached hydrogens (primary N) is 1. The minimum Gasteiger partial charge on any atom is -0.508 e. The van der Waals surface area contributed by atoms with E-state index in [2.05, 4.69) is 5.32 Å². The van der Waals surface area contributed by atoms with Gasteiger partial charge in [0.1, 0.15) is 11.5 Å². The summed E-state index contributed by atoms with van der Waals surface area (Å²) in [7, 11) is 1.62. The summed E-state index contributed by atoms with van der Waals surface area (Å²) in [5.41, 5.74) is 8.66. The van der Waals surface area contributed by atoms with E-state index < -0.39 is 0 Å². The van der Waals surface area contributed by atoms with Crippen molar-refractivity contribution in [3.63, 3.8) is 0 Å². The monoisotopic (exact) mass is 258 g/mol. The molecule has 0 unspecified atom stereocenters. The Labute approximate surface area is 112 Å². The van der Waals surface area contributed by atoms with Crippen LogP contribution in [0.25, 0.3) is 0 Å². The van der Waals surface area contributed by atoms with Gasteiger partial charge in [0.25, 0.3) is 0 Å². The van der Waals surface area contributed by atoms with E-state index in [-0.39, 0.29) is 5.75 Å². The molecule has 4 nitrogen and oxygen atoms in total. The molecule has 0 fully saturated rings. The molecule has 0 atom stereocenters. The van der Waals surface area contributed by atoms with Gasteiger partial charge in [-0.15, -0.1) is 0 Å². The summed E-state index contributed by atoms with van der Waals surface area (Å²) >= 11 is 0. The third-order valence-electron chi connectivity index (χ3n) is 2.92. The maximum Gasteiger partial charge on any atom is 0.121 e. The quantitative estimate of drug-likeness (QED) is 0.721. The second-order valence-electron chi connectivity index (χ2n) is 4.30. The molecule has 0 saturated carbocycles. The van der Waals surface area contributed by atoms with Crippen LogP contribution in [0.15, 0.2) is 42.5 Å². The number of nitrogens with one attached hydrogen (secondary N) is 1. The molecule has 0 aliphatic carbocycles. The molecule has 2 rings (SSSR count). The number of rotatable bonds is 5. The fraction of sp³-hybridized carbons (Fsp3) is 0.200. The molecule has 0 radical (unpaired) electrons. The first-order valence-electron chi connectivity index (χ1n) is 6.14. The van der Waals surface area contributed by atoms with Gasteiger partial charge >= 0.3 is 0 Å². The van der Waals surface area contributed by atoms with E-state index in [4.69, 9.17) is 10.5 Å². The lowest BCUT2D eigenvalue weighted by atomic mass is 10.1. The highest BCUT2D eigenvalue weighted by Gasteiger charge is 2.01. The lowest BCUT2D eigenvalue weighted by Gasteiger charge is -2.10. The van der Waals surface area contributed by atoms with Crippen molar-refractivity contribution in [2.24, 2.45) is 0 Å². The van der Waals surface area contributed by atoms with E-state index >= 15 is 0 Å². The van der Waals surface area contributed by atoms with Crippen molar-refractivity contribution in [1.29, 1.82) is 0 Å². The van der Waals surface area contributed by atoms with Crippen molar-refractivity contribution in [2.45, 2.75) is 6.42 Å². The molecule has 0 heterocycles. The van der Waals surface area contributed by atoms with Gasteiger partial charge in [-0.1, -0.05) is 12.1 Å². The third-order valence-corrected chi connectivity index (χ3v) is 2.92. The fourth-order valence-electron chi connectivity index (χ4n) is 1.83. The molecule has 0 saturated heterocycles. The first-order valence-corrected chi connectivity index (χ1v) is 6.14. The minimum atomic E-state index is 0.288. The molecule has 0 amide bonds. The first-order chi connectivity index (χ1) is 9.19. The molecule has 0 bridgehead atoms. The Morgan fingerprint density at radius 2 is 1.89 bits per heavy atom. The van der Waals surface area contributed by atoms with Crippen molar-refractivity contribution in [3.8, 4) is 11.5 Å². The summed E-state index contributed by atoms with van der Waals surface area (Å²) in [6, 6.07) is 12.8. The van der Waals surface area contributed by atoms with Crippen LogP contribution in [0.4, 0.5) is 11.4 Å². The van der Waals surface area contributed by atoms with Crippen LogP contribution in [-0.4, -0.2) is 18.8 Å². The molecular weight excluding hydrogens is 240 g/mol. The zero-order chi connectivity index (χ0) is 13.7. The second kappa shape index (κ2) is 6.00. The molecule has 100 valence electrons. The van der Waals surface area contributed by atoms with Gasteiger partial charge in [-0.05, 0) is 36.2 Å². The van der Waals surface area contributed by atoms with E-state index in [9.17, 15) is 5.11 Å². The summed E-state index contributed by atoms with van der Waals surface area (Å²) in [6.07, 6.45) is 0.867. The Kier molecular flexibility index (Phi) is 4.13. The van der Waals surface area contributed by atoms with Crippen LogP contribution < -0.4 is 15.8 Å². The van der Waals surface area contributed by atoms with Crippen molar-refractivity contribution >= 4 is 11.4 Å². The molecule has 0 aliphatic rings. The number of methoxy groups -OCH3 is 1. The van der Waals surface area contributed by atoms with Gasteiger partial charge in [0.05, 0.1) is 18.5 Å². The Hall–Kier alpha value is -2.36. The van der Waals surface area contributed by atoms with Crippen LogP contribution in [0.2, 0.25) is 0 Å². The molecule has 2 aromatic rings. The maximum absolute atomic E-state index is 9.20. The number of aromatic hydroxyl groups is 1. The highest BCUT2D eigenvalue weighted by atomic mass is 16.5. The summed E-state index contributed by atoms with van der Waals surface area (Å²) in [6.45, 7) is 0.779. The molecule has 0 aliphatic heterocycles. The van der Waals surface area contributed by atoms with Crippen LogP contribution in [0.3, 0.4) is 0 Å². The average molecular weight is 258 g/mol. The van der Waals surface area contributed by atoms with Gasteiger partial charge < -0.3 is 20.9 Å². The maximum atomic E-state index is 9.20. The van der Waals surface area contributed by atoms with Gasteiger partial charge in [0.15, 0.2) is 0 Å². The molecule has 19 heavy (non-hydrogen) atoms. The zero-order valence-electron chi connectivity index (χ0n) is 10.9. The summed E-state index contributed by atoms with van der Waals surface area (Å²) in [4.78, 5) is 0. The number of phenols is 1. The summed E-state index contributed by atoms with van der Waals surface area (Å²) in [5.74, 6) is 1.04. The number of ether oxygens (including phenoxy) is 1. The molecule has 4 N–H and O–H groups in total. The van der Waals surface area contributed by atoms with Crippen LogP contribution in [0, 0.1) is 0 Å². The smallest absolute Gasteiger partial charge is 0.121 e. The van der Waals surface area contributed by atoms with E-state index in [0.29, 0.717) is 5.69 Å². The molecule has 0 aromatic heterocycles. The van der Waals surface area contributed by atoms with Crippen LogP contribution in [0.1, 0.15) is 5.56 Å². The Morgan fingerprint density at radius 3 is 2.53 bits per heavy atom. The van der Waals surface area contributed by atoms with Gasteiger partial charge in [-0.25, -0.2) is 0 Å². The summed E-state index contributed by atoms with van der Waals surface area (Å²) in [5, 5.41) is 12.5. The number of hydrogen-bond donors (Lipinski definition) is 3. The van der Waals surface area contributed by atoms with Crippen molar-refractivity contribution in [3.05, 3.63) is 48.0 Å². The van der Waals surface area contributed by atoms with E-state index in [1.165, 1.54) is 0 Å². The van der Waals surface area contributed by atoms with Gasteiger partial charge in [-0.3, -0.25) is 0 Å². The van der Waals surface area contributed by atoms with E-state index in [1.54, 1.807) is 25.3 Å². The van der Waals surface area contributed by atoms with Crippen LogP contribution >= 0.6 is 0 Å². The predicted molar refractivity (Wildman–Crippen MR) is 77.7 cm³/mol. The van der Waals surface area contributed by atoms with Crippen molar-refractivity contribution in [2.75, 3.05) is 24.7 Å². The Morgan fingerprint density at radius 1 is 1.16 bits per heavy atom. The largest absolute Gasteiger partial charge is 0.508 e. The van der Waals surface area contributed by atoms with Crippen LogP contribution in [0.5, 0.6) is 11.5 Å². The number of anilines is 2. The number of phenolic OH excluding ortho intramolecular Hbond substituents is 1. The number of hydrogen-bond acceptors (Lipinski definition) is 4. The van der Waals surface area contributed by atoms with E-state index in [0.717, 1.165) is 30.0 Å². The lowest BCUT2D eigenvalue weighted by Crippen LogP contribution is -2.06. The number of benzene rings is 2. The molecule has 0 spiro atoms. The second-order valence-corrected chi connectivity index (χ2v) is 4.30. The van der Waals surface area contributed by atoms with Gasteiger partial charge in [0.2, 0.25) is 0 Å². The van der Waals surface area contributed by atoms with Gasteiger partial charge in [-0.2, -0.15) is 0 Å². The minimum absolute atomic E-state index is 0.288. The average Bonchev–Trinajstić information content (AvgIpc) is 2.42. The Bertz CT molecular complexity index is 538. The highest BCUT2D eigenvalue weighted by molar-refractivity contribution is 5.68. The molecule has 4 heteroatoms. The third kappa shape index (κ3) is 3.55. The molecular formula is C15H18N2O2. The zero-order valence-corrected chi connectivity index (χ0v) is 10.9. The topological polar surface area (TPSA) is 67.5 Å². The first kappa shape index (κ1) is 13.1. The standard InChI is InChI=1S/C15H18N2O2/c1-19-13-6-7-15(14(16)10-13)17-9-8-11-2-4-12(18)5-3-11/h2-7,10,17-18H,8-9,16H2,1H3. The molecule has 2 aromatic carbocycles. The SMILES string of the molecule is COc1ccc(NCCc2ccc(O)cc2)c(N)c1. The van der Waals surface area contributed by atoms with Gasteiger partial charge in [0, 0.05) is 12.6 Å². The predicted octanol–water partition coefficient (Wildman–Crippen LogP) is 2.64.